The van der Waals surface area contributed by atoms with E-state index in [1.165, 1.54) is 6.20 Å². The van der Waals surface area contributed by atoms with E-state index in [2.05, 4.69) is 15.6 Å². The predicted molar refractivity (Wildman–Crippen MR) is 69.9 cm³/mol. The molecule has 0 saturated heterocycles. The monoisotopic (exact) mass is 263 g/mol. The molecule has 6 nitrogen and oxygen atoms in total. The van der Waals surface area contributed by atoms with E-state index in [1.807, 2.05) is 6.92 Å². The van der Waals surface area contributed by atoms with Crippen LogP contribution in [0.25, 0.3) is 0 Å². The molecule has 1 aromatic heterocycles. The molecule has 1 aliphatic carbocycles. The van der Waals surface area contributed by atoms with Crippen molar-refractivity contribution in [3.63, 3.8) is 0 Å². The Bertz CT molecular complexity index is 496. The minimum absolute atomic E-state index is 0.00638. The molecule has 0 bridgehead atoms. The Hall–Kier alpha value is -2.11. The number of pyridine rings is 1. The van der Waals surface area contributed by atoms with Crippen LogP contribution in [0.4, 0.5) is 10.5 Å². The lowest BCUT2D eigenvalue weighted by molar-refractivity contribution is -0.144. The fraction of sp³-hybridized carbons (Fsp3) is 0.462. The van der Waals surface area contributed by atoms with Crippen LogP contribution in [0.1, 0.15) is 25.5 Å². The number of carbonyl (C=O) groups is 2. The summed E-state index contributed by atoms with van der Waals surface area (Å²) in [6, 6.07) is 2.96. The fourth-order valence-corrected chi connectivity index (χ4v) is 1.93. The first-order valence-electron chi connectivity index (χ1n) is 6.17. The zero-order chi connectivity index (χ0) is 14.0. The first-order valence-corrected chi connectivity index (χ1v) is 6.17. The lowest BCUT2D eigenvalue weighted by Crippen LogP contribution is -2.55. The molecule has 1 saturated carbocycles. The standard InChI is InChI=1S/C13H17N3O3/c1-8-3-6-10(7-14-8)15-12(19)16-13(2,11(17)18)9-4-5-9/h3,6-7,9H,4-5H2,1-2H3,(H,17,18)(H2,15,16,19). The number of anilines is 1. The van der Waals surface area contributed by atoms with Crippen molar-refractivity contribution in [2.75, 3.05) is 5.32 Å². The number of carboxylic acids is 1. The summed E-state index contributed by atoms with van der Waals surface area (Å²) >= 11 is 0. The molecule has 1 aromatic rings. The lowest BCUT2D eigenvalue weighted by atomic mass is 9.96. The maximum absolute atomic E-state index is 11.8. The average molecular weight is 263 g/mol. The van der Waals surface area contributed by atoms with Crippen LogP contribution in [0.2, 0.25) is 0 Å². The van der Waals surface area contributed by atoms with Crippen LogP contribution in [0.3, 0.4) is 0 Å². The van der Waals surface area contributed by atoms with Gasteiger partial charge in [0.05, 0.1) is 11.9 Å². The Kier molecular flexibility index (Phi) is 3.42. The third-order valence-electron chi connectivity index (χ3n) is 3.38. The van der Waals surface area contributed by atoms with E-state index < -0.39 is 17.5 Å². The summed E-state index contributed by atoms with van der Waals surface area (Å²) < 4.78 is 0. The zero-order valence-corrected chi connectivity index (χ0v) is 10.9. The van der Waals surface area contributed by atoms with Crippen molar-refractivity contribution < 1.29 is 14.7 Å². The van der Waals surface area contributed by atoms with Crippen LogP contribution in [0, 0.1) is 12.8 Å². The molecule has 1 aliphatic rings. The second-order valence-electron chi connectivity index (χ2n) is 5.05. The molecular weight excluding hydrogens is 246 g/mol. The summed E-state index contributed by atoms with van der Waals surface area (Å²) in [4.78, 5) is 27.2. The summed E-state index contributed by atoms with van der Waals surface area (Å²) in [6.45, 7) is 3.39. The van der Waals surface area contributed by atoms with Crippen molar-refractivity contribution in [2.24, 2.45) is 5.92 Å². The maximum atomic E-state index is 11.8. The topological polar surface area (TPSA) is 91.3 Å². The molecule has 0 aliphatic heterocycles. The third-order valence-corrected chi connectivity index (χ3v) is 3.38. The van der Waals surface area contributed by atoms with Gasteiger partial charge in [-0.3, -0.25) is 4.98 Å². The SMILES string of the molecule is Cc1ccc(NC(=O)NC(C)(C(=O)O)C2CC2)cn1. The van der Waals surface area contributed by atoms with Crippen molar-refractivity contribution in [1.82, 2.24) is 10.3 Å². The molecule has 1 unspecified atom stereocenters. The quantitative estimate of drug-likeness (QED) is 0.772. The highest BCUT2D eigenvalue weighted by Crippen LogP contribution is 2.39. The third kappa shape index (κ3) is 3.01. The number of aliphatic carboxylic acids is 1. The molecule has 0 spiro atoms. The Labute approximate surface area is 111 Å². The van der Waals surface area contributed by atoms with Gasteiger partial charge < -0.3 is 15.7 Å². The van der Waals surface area contributed by atoms with E-state index in [-0.39, 0.29) is 5.92 Å². The Morgan fingerprint density at radius 1 is 1.42 bits per heavy atom. The van der Waals surface area contributed by atoms with Gasteiger partial charge in [0.2, 0.25) is 0 Å². The number of nitrogens with one attached hydrogen (secondary N) is 2. The second kappa shape index (κ2) is 4.87. The van der Waals surface area contributed by atoms with E-state index in [4.69, 9.17) is 0 Å². The van der Waals surface area contributed by atoms with Gasteiger partial charge in [0.25, 0.3) is 0 Å². The van der Waals surface area contributed by atoms with Gasteiger partial charge in [0.1, 0.15) is 5.54 Å². The molecule has 2 rings (SSSR count). The van der Waals surface area contributed by atoms with Gasteiger partial charge in [0.15, 0.2) is 0 Å². The van der Waals surface area contributed by atoms with Crippen molar-refractivity contribution >= 4 is 17.7 Å². The van der Waals surface area contributed by atoms with E-state index in [0.29, 0.717) is 5.69 Å². The van der Waals surface area contributed by atoms with Crippen LogP contribution in [0.15, 0.2) is 18.3 Å². The molecule has 2 amide bonds. The average Bonchev–Trinajstić information content (AvgIpc) is 3.16. The number of rotatable bonds is 4. The number of carbonyl (C=O) groups excluding carboxylic acids is 1. The van der Waals surface area contributed by atoms with Crippen LogP contribution in [-0.2, 0) is 4.79 Å². The molecule has 0 radical (unpaired) electrons. The summed E-state index contributed by atoms with van der Waals surface area (Å²) in [7, 11) is 0. The van der Waals surface area contributed by atoms with Gasteiger partial charge in [-0.25, -0.2) is 9.59 Å². The largest absolute Gasteiger partial charge is 0.480 e. The summed E-state index contributed by atoms with van der Waals surface area (Å²) in [5.74, 6) is -1.00. The van der Waals surface area contributed by atoms with Gasteiger partial charge in [-0.05, 0) is 44.7 Å². The Balaban J connectivity index is 2.00. The number of hydrogen-bond acceptors (Lipinski definition) is 3. The van der Waals surface area contributed by atoms with E-state index in [9.17, 15) is 14.7 Å². The molecule has 1 fully saturated rings. The normalized spacial score (nSPS) is 17.4. The molecule has 102 valence electrons. The van der Waals surface area contributed by atoms with Crippen molar-refractivity contribution in [3.05, 3.63) is 24.0 Å². The minimum Gasteiger partial charge on any atom is -0.480 e. The molecule has 3 N–H and O–H groups in total. The first-order chi connectivity index (χ1) is 8.91. The van der Waals surface area contributed by atoms with Crippen molar-refractivity contribution in [3.8, 4) is 0 Å². The van der Waals surface area contributed by atoms with Gasteiger partial charge in [-0.2, -0.15) is 0 Å². The van der Waals surface area contributed by atoms with E-state index in [0.717, 1.165) is 18.5 Å². The van der Waals surface area contributed by atoms with Gasteiger partial charge in [-0.1, -0.05) is 0 Å². The van der Waals surface area contributed by atoms with Gasteiger partial charge in [0, 0.05) is 5.69 Å². The number of amides is 2. The number of aromatic nitrogens is 1. The fourth-order valence-electron chi connectivity index (χ4n) is 1.93. The minimum atomic E-state index is -1.21. The van der Waals surface area contributed by atoms with Crippen molar-refractivity contribution in [1.29, 1.82) is 0 Å². The smallest absolute Gasteiger partial charge is 0.329 e. The van der Waals surface area contributed by atoms with Gasteiger partial charge >= 0.3 is 12.0 Å². The zero-order valence-electron chi connectivity index (χ0n) is 10.9. The lowest BCUT2D eigenvalue weighted by Gasteiger charge is -2.26. The van der Waals surface area contributed by atoms with Crippen molar-refractivity contribution in [2.45, 2.75) is 32.2 Å². The Morgan fingerprint density at radius 3 is 2.58 bits per heavy atom. The molecule has 1 atom stereocenters. The second-order valence-corrected chi connectivity index (χ2v) is 5.05. The number of carboxylic acid groups (broad SMARTS) is 1. The summed E-state index contributed by atoms with van der Waals surface area (Å²) in [6.07, 6.45) is 3.19. The molecule has 1 heterocycles. The number of nitrogens with zero attached hydrogens (tertiary/aromatic N) is 1. The summed E-state index contributed by atoms with van der Waals surface area (Å²) in [5, 5.41) is 14.4. The van der Waals surface area contributed by atoms with Crippen LogP contribution >= 0.6 is 0 Å². The number of urea groups is 1. The van der Waals surface area contributed by atoms with E-state index in [1.54, 1.807) is 19.1 Å². The highest BCUT2D eigenvalue weighted by Gasteiger charge is 2.48. The Morgan fingerprint density at radius 2 is 2.11 bits per heavy atom. The highest BCUT2D eigenvalue weighted by molar-refractivity contribution is 5.93. The molecular formula is C13H17N3O3. The first kappa shape index (κ1) is 13.3. The number of aryl methyl sites for hydroxylation is 1. The van der Waals surface area contributed by atoms with Crippen LogP contribution < -0.4 is 10.6 Å². The number of hydrogen-bond donors (Lipinski definition) is 3. The van der Waals surface area contributed by atoms with Gasteiger partial charge in [-0.15, -0.1) is 0 Å². The highest BCUT2D eigenvalue weighted by atomic mass is 16.4. The molecule has 6 heteroatoms. The molecule has 19 heavy (non-hydrogen) atoms. The predicted octanol–water partition coefficient (Wildman–Crippen LogP) is 1.76. The van der Waals surface area contributed by atoms with Crippen LogP contribution in [-0.4, -0.2) is 27.6 Å². The maximum Gasteiger partial charge on any atom is 0.329 e. The van der Waals surface area contributed by atoms with E-state index >= 15 is 0 Å². The molecule has 0 aromatic carbocycles. The van der Waals surface area contributed by atoms with Crippen LogP contribution in [0.5, 0.6) is 0 Å². The summed E-state index contributed by atoms with van der Waals surface area (Å²) in [5.41, 5.74) is 0.174.